The molecule has 2 amide bonds. The lowest BCUT2D eigenvalue weighted by atomic mass is 9.99. The highest BCUT2D eigenvalue weighted by molar-refractivity contribution is 6.04. The number of halogens is 3. The number of urea groups is 1. The minimum atomic E-state index is -4.67. The molecule has 4 rings (SSSR count). The van der Waals surface area contributed by atoms with Crippen molar-refractivity contribution in [1.82, 2.24) is 4.98 Å². The van der Waals surface area contributed by atoms with Crippen LogP contribution in [0.5, 0.6) is 11.5 Å². The first-order valence-corrected chi connectivity index (χ1v) is 9.37. The second-order valence-corrected chi connectivity index (χ2v) is 6.75. The molecule has 0 aliphatic carbocycles. The molecule has 0 bridgehead atoms. The summed E-state index contributed by atoms with van der Waals surface area (Å²) in [4.78, 5) is 28.5. The van der Waals surface area contributed by atoms with Gasteiger partial charge in [0.15, 0.2) is 11.5 Å². The number of pyridine rings is 1. The summed E-state index contributed by atoms with van der Waals surface area (Å²) in [5.41, 5.74) is 4.10. The highest BCUT2D eigenvalue weighted by Crippen LogP contribution is 2.40. The highest BCUT2D eigenvalue weighted by atomic mass is 19.4. The molecule has 3 aromatic rings. The molecule has 0 atom stereocenters. The van der Waals surface area contributed by atoms with Gasteiger partial charge in [-0.25, -0.2) is 14.6 Å². The number of nitrogens with two attached hydrogens (primary N) is 1. The largest absolute Gasteiger partial charge is 0.462 e. The number of rotatable bonds is 4. The van der Waals surface area contributed by atoms with E-state index in [-0.39, 0.29) is 35.9 Å². The first-order valence-electron chi connectivity index (χ1n) is 9.37. The summed E-state index contributed by atoms with van der Waals surface area (Å²) in [6, 6.07) is 6.21. The molecule has 8 nitrogen and oxygen atoms in total. The van der Waals surface area contributed by atoms with Gasteiger partial charge in [-0.15, -0.1) is 0 Å². The third-order valence-electron chi connectivity index (χ3n) is 4.66. The van der Waals surface area contributed by atoms with Crippen LogP contribution in [0.4, 0.5) is 23.7 Å². The maximum absolute atomic E-state index is 13.4. The monoisotopic (exact) mass is 447 g/mol. The molecule has 0 unspecified atom stereocenters. The normalized spacial score (nSPS) is 12.6. The lowest BCUT2D eigenvalue weighted by Gasteiger charge is -2.16. The number of hydrogen-bond acceptors (Lipinski definition) is 6. The molecule has 1 aliphatic rings. The van der Waals surface area contributed by atoms with E-state index in [1.165, 1.54) is 6.07 Å². The molecule has 32 heavy (non-hydrogen) atoms. The van der Waals surface area contributed by atoms with E-state index in [4.69, 9.17) is 19.9 Å². The first kappa shape index (κ1) is 21.2. The predicted octanol–water partition coefficient (Wildman–Crippen LogP) is 4.32. The predicted molar refractivity (Wildman–Crippen MR) is 107 cm³/mol. The van der Waals surface area contributed by atoms with E-state index < -0.39 is 23.7 Å². The number of carbonyl (C=O) groups excluding carboxylic acids is 2. The van der Waals surface area contributed by atoms with E-state index in [1.54, 1.807) is 19.1 Å². The number of nitrogens with one attached hydrogen (secondary N) is 1. The number of amides is 2. The molecule has 0 saturated heterocycles. The lowest BCUT2D eigenvalue weighted by molar-refractivity contribution is -0.137. The summed E-state index contributed by atoms with van der Waals surface area (Å²) in [5, 5.41) is 2.76. The van der Waals surface area contributed by atoms with Gasteiger partial charge < -0.3 is 25.3 Å². The number of nitrogens with zero attached hydrogens (tertiary/aromatic N) is 1. The summed E-state index contributed by atoms with van der Waals surface area (Å²) in [5.74, 6) is 0.0494. The van der Waals surface area contributed by atoms with Crippen molar-refractivity contribution in [3.05, 3.63) is 47.5 Å². The van der Waals surface area contributed by atoms with Gasteiger partial charge in [0.1, 0.15) is 0 Å². The molecule has 2 aromatic carbocycles. The van der Waals surface area contributed by atoms with Gasteiger partial charge in [-0.3, -0.25) is 0 Å². The highest BCUT2D eigenvalue weighted by Gasteiger charge is 2.32. The number of aromatic nitrogens is 1. The Kier molecular flexibility index (Phi) is 5.25. The second-order valence-electron chi connectivity index (χ2n) is 6.75. The number of carbonyl (C=O) groups is 2. The van der Waals surface area contributed by atoms with Crippen LogP contribution in [0, 0.1) is 0 Å². The minimum absolute atomic E-state index is 0.00353. The fraction of sp³-hybridized carbons (Fsp3) is 0.190. The average molecular weight is 447 g/mol. The lowest BCUT2D eigenvalue weighted by Crippen LogP contribution is -2.20. The van der Waals surface area contributed by atoms with Crippen LogP contribution in [0.3, 0.4) is 0 Å². The maximum Gasteiger partial charge on any atom is 0.416 e. The molecule has 0 saturated carbocycles. The molecular weight excluding hydrogens is 431 g/mol. The van der Waals surface area contributed by atoms with E-state index in [1.807, 2.05) is 0 Å². The zero-order chi connectivity index (χ0) is 23.0. The van der Waals surface area contributed by atoms with Crippen molar-refractivity contribution in [3.8, 4) is 22.8 Å². The van der Waals surface area contributed by atoms with Crippen LogP contribution >= 0.6 is 0 Å². The molecule has 166 valence electrons. The van der Waals surface area contributed by atoms with Crippen molar-refractivity contribution < 1.29 is 37.0 Å². The number of esters is 1. The fourth-order valence-corrected chi connectivity index (χ4v) is 3.29. The van der Waals surface area contributed by atoms with E-state index in [0.29, 0.717) is 22.4 Å². The molecule has 11 heteroatoms. The van der Waals surface area contributed by atoms with Crippen LogP contribution in [0.15, 0.2) is 36.4 Å². The Morgan fingerprint density at radius 2 is 1.88 bits per heavy atom. The van der Waals surface area contributed by atoms with Gasteiger partial charge in [-0.05, 0) is 37.3 Å². The Hall–Kier alpha value is -4.02. The molecule has 1 aromatic heterocycles. The van der Waals surface area contributed by atoms with Crippen molar-refractivity contribution >= 4 is 28.6 Å². The van der Waals surface area contributed by atoms with Crippen LogP contribution in [0.2, 0.25) is 0 Å². The number of fused-ring (bicyclic) bond motifs is 2. The zero-order valence-electron chi connectivity index (χ0n) is 16.6. The van der Waals surface area contributed by atoms with E-state index >= 15 is 0 Å². The number of hydrogen-bond donors (Lipinski definition) is 2. The Bertz CT molecular complexity index is 1240. The van der Waals surface area contributed by atoms with Gasteiger partial charge in [0, 0.05) is 17.0 Å². The molecular formula is C21H16F3N3O5. The van der Waals surface area contributed by atoms with Gasteiger partial charge >= 0.3 is 18.2 Å². The molecule has 0 spiro atoms. The molecule has 3 N–H and O–H groups in total. The van der Waals surface area contributed by atoms with Gasteiger partial charge in [-0.2, -0.15) is 13.2 Å². The Labute approximate surface area is 179 Å². The van der Waals surface area contributed by atoms with Gasteiger partial charge in [0.05, 0.1) is 34.6 Å². The van der Waals surface area contributed by atoms with Crippen molar-refractivity contribution in [1.29, 1.82) is 0 Å². The Morgan fingerprint density at radius 1 is 1.16 bits per heavy atom. The van der Waals surface area contributed by atoms with Crippen LogP contribution in [-0.4, -0.2) is 30.4 Å². The number of primary amides is 1. The van der Waals surface area contributed by atoms with E-state index in [2.05, 4.69) is 10.3 Å². The van der Waals surface area contributed by atoms with Crippen molar-refractivity contribution in [2.24, 2.45) is 5.73 Å². The number of anilines is 1. The SMILES string of the molecule is CCOC(=O)c1cc2cc3c(cc2nc1-c1cc(C(F)(F)F)ccc1NC(N)=O)OCO3. The van der Waals surface area contributed by atoms with Gasteiger partial charge in [0.2, 0.25) is 6.79 Å². The quantitative estimate of drug-likeness (QED) is 0.576. The average Bonchev–Trinajstić information content (AvgIpc) is 3.17. The first-order chi connectivity index (χ1) is 15.2. The molecule has 2 heterocycles. The van der Waals surface area contributed by atoms with Gasteiger partial charge in [0.25, 0.3) is 0 Å². The van der Waals surface area contributed by atoms with Crippen LogP contribution in [0.25, 0.3) is 22.2 Å². The standard InChI is InChI=1S/C21H16F3N3O5/c1-2-30-19(28)13-5-10-6-16-17(32-9-31-16)8-15(10)26-18(13)12-7-11(21(22,23)24)3-4-14(12)27-20(25)29/h3-8H,2,9H2,1H3,(H3,25,27,29). The van der Waals surface area contributed by atoms with Crippen molar-refractivity contribution in [2.75, 3.05) is 18.7 Å². The van der Waals surface area contributed by atoms with Crippen molar-refractivity contribution in [2.45, 2.75) is 13.1 Å². The Morgan fingerprint density at radius 3 is 2.53 bits per heavy atom. The van der Waals surface area contributed by atoms with Crippen LogP contribution in [0.1, 0.15) is 22.8 Å². The van der Waals surface area contributed by atoms with E-state index in [0.717, 1.165) is 18.2 Å². The maximum atomic E-state index is 13.4. The molecule has 1 aliphatic heterocycles. The van der Waals surface area contributed by atoms with Gasteiger partial charge in [-0.1, -0.05) is 0 Å². The summed E-state index contributed by atoms with van der Waals surface area (Å²) in [6.07, 6.45) is -4.67. The summed E-state index contributed by atoms with van der Waals surface area (Å²) >= 11 is 0. The van der Waals surface area contributed by atoms with Crippen LogP contribution < -0.4 is 20.5 Å². The Balaban J connectivity index is 2.01. The van der Waals surface area contributed by atoms with Crippen LogP contribution in [-0.2, 0) is 10.9 Å². The topological polar surface area (TPSA) is 113 Å². The third kappa shape index (κ3) is 3.96. The summed E-state index contributed by atoms with van der Waals surface area (Å²) in [7, 11) is 0. The minimum Gasteiger partial charge on any atom is -0.462 e. The summed E-state index contributed by atoms with van der Waals surface area (Å²) < 4.78 is 56.0. The van der Waals surface area contributed by atoms with Crippen molar-refractivity contribution in [3.63, 3.8) is 0 Å². The smallest absolute Gasteiger partial charge is 0.416 e. The number of alkyl halides is 3. The fourth-order valence-electron chi connectivity index (χ4n) is 3.29. The summed E-state index contributed by atoms with van der Waals surface area (Å²) in [6.45, 7) is 1.63. The molecule has 0 fully saturated rings. The molecule has 0 radical (unpaired) electrons. The second kappa shape index (κ2) is 7.91. The van der Waals surface area contributed by atoms with E-state index in [9.17, 15) is 22.8 Å². The number of benzene rings is 2. The third-order valence-corrected chi connectivity index (χ3v) is 4.66. The zero-order valence-corrected chi connectivity index (χ0v) is 16.6. The number of ether oxygens (including phenoxy) is 3.